The predicted octanol–water partition coefficient (Wildman–Crippen LogP) is 3.47. The molecule has 1 amide bonds. The van der Waals surface area contributed by atoms with E-state index in [1.165, 1.54) is 17.3 Å². The van der Waals surface area contributed by atoms with Crippen molar-refractivity contribution in [1.29, 1.82) is 0 Å². The van der Waals surface area contributed by atoms with Crippen LogP contribution in [0.25, 0.3) is 16.7 Å². The van der Waals surface area contributed by atoms with Crippen LogP contribution in [-0.4, -0.2) is 45.3 Å². The SMILES string of the molecule is C[C@H](c1ncccn1)N(Cc1ccc(C(F)(F)F)cn1)C(=O)c1ccc2nc(N)c3nncn3c2c1. The number of fused-ring (bicyclic) bond motifs is 3. The Morgan fingerprint density at radius 2 is 1.92 bits per heavy atom. The van der Waals surface area contributed by atoms with Crippen LogP contribution in [-0.2, 0) is 12.7 Å². The second-order valence-corrected chi connectivity index (χ2v) is 7.98. The largest absolute Gasteiger partial charge is 0.417 e. The molecule has 0 saturated heterocycles. The number of benzene rings is 1. The molecule has 4 aromatic heterocycles. The molecule has 5 rings (SSSR count). The smallest absolute Gasteiger partial charge is 0.381 e. The van der Waals surface area contributed by atoms with E-state index < -0.39 is 23.7 Å². The molecule has 4 heterocycles. The highest BCUT2D eigenvalue weighted by Gasteiger charge is 2.31. The number of rotatable bonds is 5. The van der Waals surface area contributed by atoms with Crippen LogP contribution in [0.2, 0.25) is 0 Å². The third-order valence-corrected chi connectivity index (χ3v) is 5.67. The van der Waals surface area contributed by atoms with E-state index in [9.17, 15) is 18.0 Å². The van der Waals surface area contributed by atoms with E-state index in [1.807, 2.05) is 0 Å². The third kappa shape index (κ3) is 4.26. The first-order valence-electron chi connectivity index (χ1n) is 10.7. The summed E-state index contributed by atoms with van der Waals surface area (Å²) < 4.78 is 40.6. The number of nitrogens with zero attached hydrogens (tertiary/aromatic N) is 8. The summed E-state index contributed by atoms with van der Waals surface area (Å²) >= 11 is 0. The number of carbonyl (C=O) groups is 1. The topological polar surface area (TPSA) is 128 Å². The molecule has 0 aliphatic heterocycles. The number of hydrogen-bond donors (Lipinski definition) is 1. The van der Waals surface area contributed by atoms with Crippen LogP contribution < -0.4 is 5.73 Å². The van der Waals surface area contributed by atoms with Gasteiger partial charge >= 0.3 is 6.18 Å². The monoisotopic (exact) mass is 493 g/mol. The van der Waals surface area contributed by atoms with Crippen LogP contribution in [0.1, 0.15) is 40.4 Å². The Kier molecular flexibility index (Phi) is 5.66. The minimum absolute atomic E-state index is 0.0730. The fraction of sp³-hybridized carbons (Fsp3) is 0.174. The van der Waals surface area contributed by atoms with E-state index in [4.69, 9.17) is 5.73 Å². The molecule has 1 atom stereocenters. The molecule has 0 radical (unpaired) electrons. The van der Waals surface area contributed by atoms with E-state index in [2.05, 4.69) is 30.1 Å². The quantitative estimate of drug-likeness (QED) is 0.394. The van der Waals surface area contributed by atoms with Gasteiger partial charge in [0.25, 0.3) is 5.91 Å². The summed E-state index contributed by atoms with van der Waals surface area (Å²) in [5.74, 6) is 0.162. The van der Waals surface area contributed by atoms with Crippen LogP contribution in [0, 0.1) is 0 Å². The van der Waals surface area contributed by atoms with Gasteiger partial charge in [0.2, 0.25) is 5.65 Å². The average molecular weight is 493 g/mol. The lowest BCUT2D eigenvalue weighted by molar-refractivity contribution is -0.137. The molecule has 0 aliphatic rings. The molecule has 10 nitrogen and oxygen atoms in total. The summed E-state index contributed by atoms with van der Waals surface area (Å²) in [6, 6.07) is 8.09. The van der Waals surface area contributed by atoms with Crippen molar-refractivity contribution in [3.8, 4) is 0 Å². The van der Waals surface area contributed by atoms with Gasteiger partial charge in [0, 0.05) is 24.2 Å². The van der Waals surface area contributed by atoms with E-state index in [0.717, 1.165) is 12.3 Å². The van der Waals surface area contributed by atoms with E-state index in [1.54, 1.807) is 48.0 Å². The van der Waals surface area contributed by atoms with Gasteiger partial charge in [-0.15, -0.1) is 10.2 Å². The van der Waals surface area contributed by atoms with Crippen LogP contribution in [0.3, 0.4) is 0 Å². The minimum atomic E-state index is -4.51. The number of pyridine rings is 1. The number of amides is 1. The number of aromatic nitrogens is 7. The van der Waals surface area contributed by atoms with Crippen molar-refractivity contribution in [2.24, 2.45) is 0 Å². The molecule has 0 spiro atoms. The molecular formula is C23H18F3N9O. The summed E-state index contributed by atoms with van der Waals surface area (Å²) in [6.45, 7) is 1.66. The third-order valence-electron chi connectivity index (χ3n) is 5.67. The Morgan fingerprint density at radius 1 is 1.14 bits per heavy atom. The molecule has 182 valence electrons. The van der Waals surface area contributed by atoms with Crippen molar-refractivity contribution in [2.75, 3.05) is 5.73 Å². The summed E-state index contributed by atoms with van der Waals surface area (Å²) in [5.41, 5.74) is 7.09. The lowest BCUT2D eigenvalue weighted by Crippen LogP contribution is -2.34. The van der Waals surface area contributed by atoms with Gasteiger partial charge < -0.3 is 10.6 Å². The Morgan fingerprint density at radius 3 is 2.61 bits per heavy atom. The van der Waals surface area contributed by atoms with Crippen LogP contribution in [0.4, 0.5) is 19.0 Å². The zero-order valence-electron chi connectivity index (χ0n) is 18.8. The molecule has 0 saturated carbocycles. The fourth-order valence-electron chi connectivity index (χ4n) is 3.79. The Bertz CT molecular complexity index is 1550. The lowest BCUT2D eigenvalue weighted by Gasteiger charge is -2.28. The highest BCUT2D eigenvalue weighted by molar-refractivity contribution is 5.98. The lowest BCUT2D eigenvalue weighted by atomic mass is 10.1. The highest BCUT2D eigenvalue weighted by atomic mass is 19.4. The first-order chi connectivity index (χ1) is 17.2. The van der Waals surface area contributed by atoms with Gasteiger partial charge in [0.05, 0.1) is 34.9 Å². The zero-order valence-corrected chi connectivity index (χ0v) is 18.8. The first-order valence-corrected chi connectivity index (χ1v) is 10.7. The van der Waals surface area contributed by atoms with E-state index in [-0.39, 0.29) is 18.1 Å². The van der Waals surface area contributed by atoms with Gasteiger partial charge in [-0.05, 0) is 43.3 Å². The van der Waals surface area contributed by atoms with Crippen molar-refractivity contribution >= 4 is 28.4 Å². The normalized spacial score (nSPS) is 12.7. The minimum Gasteiger partial charge on any atom is -0.381 e. The molecule has 1 aromatic carbocycles. The molecule has 0 aliphatic carbocycles. The standard InChI is InChI=1S/C23H18F3N9O/c1-13(20-28-7-2-8-29-20)34(11-16-5-4-15(10-30-16)23(24,25)26)22(36)14-3-6-17-18(9-14)35-12-31-33-21(35)19(27)32-17/h2-10,12-13H,11H2,1H3,(H2,27,32)/t13-/m1/s1. The number of halogens is 3. The summed E-state index contributed by atoms with van der Waals surface area (Å²) in [5, 5.41) is 7.81. The maximum Gasteiger partial charge on any atom is 0.417 e. The van der Waals surface area contributed by atoms with Gasteiger partial charge in [0.15, 0.2) is 5.82 Å². The number of nitrogen functional groups attached to an aromatic ring is 1. The molecule has 0 fully saturated rings. The van der Waals surface area contributed by atoms with Gasteiger partial charge in [-0.1, -0.05) is 0 Å². The number of carbonyl (C=O) groups excluding carboxylic acids is 1. The second kappa shape index (κ2) is 8.83. The Balaban J connectivity index is 1.55. The molecular weight excluding hydrogens is 475 g/mol. The number of hydrogen-bond acceptors (Lipinski definition) is 8. The molecule has 13 heteroatoms. The first kappa shape index (κ1) is 23.1. The fourth-order valence-corrected chi connectivity index (χ4v) is 3.79. The van der Waals surface area contributed by atoms with E-state index in [0.29, 0.717) is 28.1 Å². The summed E-state index contributed by atoms with van der Waals surface area (Å²) in [6.07, 6.45) is 0.798. The zero-order chi connectivity index (χ0) is 25.4. The van der Waals surface area contributed by atoms with Crippen molar-refractivity contribution in [3.05, 3.63) is 84.0 Å². The van der Waals surface area contributed by atoms with Crippen molar-refractivity contribution in [1.82, 2.24) is 39.4 Å². The summed E-state index contributed by atoms with van der Waals surface area (Å²) in [7, 11) is 0. The van der Waals surface area contributed by atoms with Gasteiger partial charge in [-0.25, -0.2) is 15.0 Å². The van der Waals surface area contributed by atoms with Crippen LogP contribution >= 0.6 is 0 Å². The number of alkyl halides is 3. The van der Waals surface area contributed by atoms with Crippen molar-refractivity contribution in [2.45, 2.75) is 25.7 Å². The summed E-state index contributed by atoms with van der Waals surface area (Å²) in [4.78, 5) is 31.9. The maximum absolute atomic E-state index is 13.8. The molecule has 0 unspecified atom stereocenters. The number of nitrogens with two attached hydrogens (primary N) is 1. The molecule has 2 N–H and O–H groups in total. The van der Waals surface area contributed by atoms with Gasteiger partial charge in [-0.2, -0.15) is 13.2 Å². The van der Waals surface area contributed by atoms with Crippen molar-refractivity contribution < 1.29 is 18.0 Å². The number of anilines is 1. The second-order valence-electron chi connectivity index (χ2n) is 7.98. The van der Waals surface area contributed by atoms with Crippen molar-refractivity contribution in [3.63, 3.8) is 0 Å². The molecule has 36 heavy (non-hydrogen) atoms. The molecule has 5 aromatic rings. The molecule has 0 bridgehead atoms. The van der Waals surface area contributed by atoms with Crippen LogP contribution in [0.5, 0.6) is 0 Å². The Hall–Kier alpha value is -4.68. The van der Waals surface area contributed by atoms with Crippen LogP contribution in [0.15, 0.2) is 61.3 Å². The predicted molar refractivity (Wildman–Crippen MR) is 122 cm³/mol. The Labute approximate surface area is 201 Å². The van der Waals surface area contributed by atoms with E-state index >= 15 is 0 Å². The van der Waals surface area contributed by atoms with Gasteiger partial charge in [-0.3, -0.25) is 14.2 Å². The highest BCUT2D eigenvalue weighted by Crippen LogP contribution is 2.29. The van der Waals surface area contributed by atoms with Gasteiger partial charge in [0.1, 0.15) is 12.2 Å². The average Bonchev–Trinajstić information content (AvgIpc) is 3.38. The maximum atomic E-state index is 13.8.